The predicted molar refractivity (Wildman–Crippen MR) is 57.3 cm³/mol. The molecular formula is C11H23NO2. The van der Waals surface area contributed by atoms with Crippen LogP contribution in [0, 0.1) is 0 Å². The van der Waals surface area contributed by atoms with E-state index in [1.165, 1.54) is 6.42 Å². The molecule has 0 amide bonds. The van der Waals surface area contributed by atoms with E-state index >= 15 is 0 Å². The first-order chi connectivity index (χ1) is 6.45. The van der Waals surface area contributed by atoms with Gasteiger partial charge in [-0.1, -0.05) is 0 Å². The molecule has 1 rings (SSSR count). The second-order valence-electron chi connectivity index (χ2n) is 4.85. The Hall–Kier alpha value is -0.120. The van der Waals surface area contributed by atoms with E-state index in [1.807, 2.05) is 20.8 Å². The zero-order chi connectivity index (χ0) is 10.8. The van der Waals surface area contributed by atoms with Crippen molar-refractivity contribution in [1.82, 2.24) is 5.32 Å². The fraction of sp³-hybridized carbons (Fsp3) is 1.00. The molecule has 0 aromatic carbocycles. The van der Waals surface area contributed by atoms with Crippen molar-refractivity contribution in [2.24, 2.45) is 0 Å². The molecule has 84 valence electrons. The topological polar surface area (TPSA) is 41.5 Å². The Bertz CT molecular complexity index is 177. The number of methoxy groups -OCH3 is 1. The maximum Gasteiger partial charge on any atom is 0.0741 e. The Labute approximate surface area is 86.8 Å². The SMILES string of the molecule is COC1CCCC1NC(C)C(C)(C)O. The highest BCUT2D eigenvalue weighted by Gasteiger charge is 2.31. The first-order valence-electron chi connectivity index (χ1n) is 5.46. The van der Waals surface area contributed by atoms with E-state index < -0.39 is 5.60 Å². The Morgan fingerprint density at radius 1 is 1.43 bits per heavy atom. The number of aliphatic hydroxyl groups is 1. The molecule has 0 aliphatic heterocycles. The molecule has 0 saturated heterocycles. The summed E-state index contributed by atoms with van der Waals surface area (Å²) in [6, 6.07) is 0.504. The van der Waals surface area contributed by atoms with Crippen LogP contribution < -0.4 is 5.32 Å². The Morgan fingerprint density at radius 3 is 2.57 bits per heavy atom. The van der Waals surface area contributed by atoms with E-state index in [-0.39, 0.29) is 6.04 Å². The summed E-state index contributed by atoms with van der Waals surface area (Å²) in [6.45, 7) is 5.69. The van der Waals surface area contributed by atoms with Crippen molar-refractivity contribution in [3.8, 4) is 0 Å². The summed E-state index contributed by atoms with van der Waals surface area (Å²) in [6.07, 6.45) is 3.82. The molecule has 0 aromatic heterocycles. The molecule has 1 aliphatic carbocycles. The van der Waals surface area contributed by atoms with E-state index in [4.69, 9.17) is 4.74 Å². The summed E-state index contributed by atoms with van der Waals surface area (Å²) in [5.74, 6) is 0. The molecule has 3 nitrogen and oxygen atoms in total. The molecule has 3 unspecified atom stereocenters. The van der Waals surface area contributed by atoms with E-state index in [1.54, 1.807) is 7.11 Å². The highest BCUT2D eigenvalue weighted by atomic mass is 16.5. The lowest BCUT2D eigenvalue weighted by Crippen LogP contribution is -2.51. The van der Waals surface area contributed by atoms with Crippen LogP contribution in [0.15, 0.2) is 0 Å². The van der Waals surface area contributed by atoms with Gasteiger partial charge in [-0.25, -0.2) is 0 Å². The van der Waals surface area contributed by atoms with Crippen LogP contribution in [0.1, 0.15) is 40.0 Å². The first-order valence-corrected chi connectivity index (χ1v) is 5.46. The number of nitrogens with one attached hydrogen (secondary N) is 1. The summed E-state index contributed by atoms with van der Waals surface area (Å²) in [5.41, 5.74) is -0.666. The molecule has 3 heteroatoms. The second kappa shape index (κ2) is 4.60. The minimum atomic E-state index is -0.666. The molecule has 3 atom stereocenters. The number of ether oxygens (including phenoxy) is 1. The van der Waals surface area contributed by atoms with Gasteiger partial charge in [-0.3, -0.25) is 0 Å². The fourth-order valence-electron chi connectivity index (χ4n) is 1.92. The highest BCUT2D eigenvalue weighted by Crippen LogP contribution is 2.23. The highest BCUT2D eigenvalue weighted by molar-refractivity contribution is 4.89. The van der Waals surface area contributed by atoms with Crippen molar-refractivity contribution in [2.75, 3.05) is 7.11 Å². The number of hydrogen-bond acceptors (Lipinski definition) is 3. The van der Waals surface area contributed by atoms with Gasteiger partial charge in [-0.15, -0.1) is 0 Å². The van der Waals surface area contributed by atoms with Crippen LogP contribution >= 0.6 is 0 Å². The third-order valence-electron chi connectivity index (χ3n) is 3.28. The second-order valence-corrected chi connectivity index (χ2v) is 4.85. The molecule has 1 fully saturated rings. The summed E-state index contributed by atoms with van der Waals surface area (Å²) >= 11 is 0. The van der Waals surface area contributed by atoms with Gasteiger partial charge in [0, 0.05) is 19.2 Å². The number of hydrogen-bond donors (Lipinski definition) is 2. The predicted octanol–water partition coefficient (Wildman–Crippen LogP) is 1.30. The van der Waals surface area contributed by atoms with Crippen LogP contribution in [0.5, 0.6) is 0 Å². The third-order valence-corrected chi connectivity index (χ3v) is 3.28. The van der Waals surface area contributed by atoms with E-state index in [0.29, 0.717) is 12.1 Å². The summed E-state index contributed by atoms with van der Waals surface area (Å²) in [5, 5.41) is 13.2. The normalized spacial score (nSPS) is 30.6. The van der Waals surface area contributed by atoms with Gasteiger partial charge in [0.1, 0.15) is 0 Å². The van der Waals surface area contributed by atoms with Crippen molar-refractivity contribution in [2.45, 2.75) is 63.8 Å². The lowest BCUT2D eigenvalue weighted by molar-refractivity contribution is 0.0235. The molecular weight excluding hydrogens is 178 g/mol. The number of rotatable bonds is 4. The zero-order valence-corrected chi connectivity index (χ0v) is 9.71. The Morgan fingerprint density at radius 2 is 2.07 bits per heavy atom. The van der Waals surface area contributed by atoms with Crippen molar-refractivity contribution < 1.29 is 9.84 Å². The van der Waals surface area contributed by atoms with Gasteiger partial charge in [0.05, 0.1) is 11.7 Å². The van der Waals surface area contributed by atoms with Crippen LogP contribution in [-0.4, -0.2) is 36.0 Å². The summed E-state index contributed by atoms with van der Waals surface area (Å²) in [4.78, 5) is 0. The molecule has 0 heterocycles. The van der Waals surface area contributed by atoms with Crippen LogP contribution in [0.4, 0.5) is 0 Å². The van der Waals surface area contributed by atoms with Crippen molar-refractivity contribution in [1.29, 1.82) is 0 Å². The van der Waals surface area contributed by atoms with Gasteiger partial charge in [0.2, 0.25) is 0 Å². The van der Waals surface area contributed by atoms with Crippen molar-refractivity contribution in [3.63, 3.8) is 0 Å². The van der Waals surface area contributed by atoms with Gasteiger partial charge >= 0.3 is 0 Å². The van der Waals surface area contributed by atoms with Crippen LogP contribution in [0.25, 0.3) is 0 Å². The average molecular weight is 201 g/mol. The lowest BCUT2D eigenvalue weighted by Gasteiger charge is -2.31. The smallest absolute Gasteiger partial charge is 0.0741 e. The maximum absolute atomic E-state index is 9.80. The molecule has 0 bridgehead atoms. The van der Waals surface area contributed by atoms with Crippen LogP contribution in [-0.2, 0) is 4.74 Å². The molecule has 1 aliphatic rings. The zero-order valence-electron chi connectivity index (χ0n) is 9.71. The minimum Gasteiger partial charge on any atom is -0.389 e. The van der Waals surface area contributed by atoms with Crippen LogP contribution in [0.3, 0.4) is 0 Å². The van der Waals surface area contributed by atoms with E-state index in [9.17, 15) is 5.11 Å². The molecule has 14 heavy (non-hydrogen) atoms. The quantitative estimate of drug-likeness (QED) is 0.720. The van der Waals surface area contributed by atoms with Gasteiger partial charge < -0.3 is 15.2 Å². The van der Waals surface area contributed by atoms with Gasteiger partial charge in [-0.2, -0.15) is 0 Å². The molecule has 0 aromatic rings. The molecule has 2 N–H and O–H groups in total. The fourth-order valence-corrected chi connectivity index (χ4v) is 1.92. The van der Waals surface area contributed by atoms with Gasteiger partial charge in [0.25, 0.3) is 0 Å². The van der Waals surface area contributed by atoms with E-state index in [2.05, 4.69) is 5.32 Å². The van der Waals surface area contributed by atoms with Gasteiger partial charge in [0.15, 0.2) is 0 Å². The van der Waals surface area contributed by atoms with E-state index in [0.717, 1.165) is 12.8 Å². The summed E-state index contributed by atoms with van der Waals surface area (Å²) in [7, 11) is 1.76. The first kappa shape index (κ1) is 12.0. The average Bonchev–Trinajstić information content (AvgIpc) is 2.50. The van der Waals surface area contributed by atoms with Gasteiger partial charge in [-0.05, 0) is 40.0 Å². The Balaban J connectivity index is 2.43. The lowest BCUT2D eigenvalue weighted by atomic mass is 9.99. The summed E-state index contributed by atoms with van der Waals surface area (Å²) < 4.78 is 5.39. The van der Waals surface area contributed by atoms with Crippen molar-refractivity contribution in [3.05, 3.63) is 0 Å². The largest absolute Gasteiger partial charge is 0.389 e. The van der Waals surface area contributed by atoms with Crippen LogP contribution in [0.2, 0.25) is 0 Å². The molecule has 0 spiro atoms. The third kappa shape index (κ3) is 2.94. The minimum absolute atomic E-state index is 0.100. The maximum atomic E-state index is 9.80. The molecule has 1 saturated carbocycles. The van der Waals surface area contributed by atoms with Crippen molar-refractivity contribution >= 4 is 0 Å². The standard InChI is InChI=1S/C11H23NO2/c1-8(11(2,3)13)12-9-6-5-7-10(9)14-4/h8-10,12-13H,5-7H2,1-4H3. The Kier molecular flexibility index (Phi) is 3.93. The monoisotopic (exact) mass is 201 g/mol. The molecule has 0 radical (unpaired) electrons.